The van der Waals surface area contributed by atoms with Crippen molar-refractivity contribution in [3.05, 3.63) is 53.0 Å². The Balaban J connectivity index is 1.64. The van der Waals surface area contributed by atoms with Crippen molar-refractivity contribution in [3.8, 4) is 0 Å². The van der Waals surface area contributed by atoms with Crippen LogP contribution in [0.2, 0.25) is 0 Å². The largest absolute Gasteiger partial charge is 0.466 e. The Hall–Kier alpha value is -2.80. The maximum Gasteiger partial charge on any atom is 0.248 e. The van der Waals surface area contributed by atoms with Crippen LogP contribution in [0.1, 0.15) is 36.5 Å². The smallest absolute Gasteiger partial charge is 0.248 e. The Morgan fingerprint density at radius 1 is 1.31 bits per heavy atom. The lowest BCUT2D eigenvalue weighted by Crippen LogP contribution is -2.45. The van der Waals surface area contributed by atoms with E-state index in [9.17, 15) is 9.90 Å². The Labute approximate surface area is 171 Å². The van der Waals surface area contributed by atoms with Gasteiger partial charge in [0.1, 0.15) is 23.7 Å². The van der Waals surface area contributed by atoms with Crippen LogP contribution in [0.3, 0.4) is 0 Å². The molecule has 0 saturated carbocycles. The number of aryl methyl sites for hydroxylation is 2. The Morgan fingerprint density at radius 2 is 2.07 bits per heavy atom. The van der Waals surface area contributed by atoms with Gasteiger partial charge in [-0.25, -0.2) is 4.99 Å². The van der Waals surface area contributed by atoms with Gasteiger partial charge in [-0.3, -0.25) is 4.79 Å². The highest BCUT2D eigenvalue weighted by Gasteiger charge is 2.28. The lowest BCUT2D eigenvalue weighted by molar-refractivity contribution is -0.117. The molecule has 2 aromatic rings. The van der Waals surface area contributed by atoms with Crippen LogP contribution in [0.5, 0.6) is 0 Å². The number of carbonyl (C=O) groups excluding carboxylic acids is 1. The summed E-state index contributed by atoms with van der Waals surface area (Å²) < 4.78 is 5.54. The van der Waals surface area contributed by atoms with E-state index in [1.807, 2.05) is 45.0 Å². The number of para-hydroxylation sites is 1. The number of aliphatic imine (C=N–C) groups is 1. The number of aliphatic hydroxyl groups is 1. The van der Waals surface area contributed by atoms with Gasteiger partial charge in [0.05, 0.1) is 6.54 Å². The van der Waals surface area contributed by atoms with Gasteiger partial charge in [0.2, 0.25) is 5.91 Å². The highest BCUT2D eigenvalue weighted by Crippen LogP contribution is 2.28. The van der Waals surface area contributed by atoms with Crippen molar-refractivity contribution >= 4 is 17.6 Å². The molecule has 156 valence electrons. The summed E-state index contributed by atoms with van der Waals surface area (Å²) in [5.74, 6) is 1.90. The van der Waals surface area contributed by atoms with Crippen molar-refractivity contribution in [1.29, 1.82) is 0 Å². The molecule has 1 atom stereocenters. The van der Waals surface area contributed by atoms with Gasteiger partial charge < -0.3 is 25.1 Å². The molecule has 0 aliphatic carbocycles. The van der Waals surface area contributed by atoms with E-state index in [4.69, 9.17) is 4.42 Å². The third-order valence-corrected chi connectivity index (χ3v) is 5.13. The van der Waals surface area contributed by atoms with Crippen LogP contribution in [0, 0.1) is 13.8 Å². The first-order valence-corrected chi connectivity index (χ1v) is 10.0. The second-order valence-corrected chi connectivity index (χ2v) is 7.57. The van der Waals surface area contributed by atoms with Crippen LogP contribution in [0.4, 0.5) is 5.69 Å². The van der Waals surface area contributed by atoms with Crippen LogP contribution >= 0.6 is 0 Å². The molecular weight excluding hydrogens is 368 g/mol. The molecule has 1 aromatic carbocycles. The molecule has 0 bridgehead atoms. The molecule has 1 unspecified atom stereocenters. The first kappa shape index (κ1) is 20.9. The van der Waals surface area contributed by atoms with Crippen LogP contribution in [0.25, 0.3) is 0 Å². The number of fused-ring (bicyclic) bond motifs is 1. The number of amides is 1. The molecule has 7 nitrogen and oxygen atoms in total. The van der Waals surface area contributed by atoms with Crippen molar-refractivity contribution in [3.63, 3.8) is 0 Å². The quantitative estimate of drug-likeness (QED) is 0.513. The number of hydrogen-bond donors (Lipinski definition) is 3. The maximum atomic E-state index is 12.7. The standard InChI is InChI=1S/C22H30N4O3/c1-5-23-21(25-14-22(4,28)18-12-15(2)29-16(18)3)24-13-20(27)26-11-10-17-8-6-7-9-19(17)26/h6-9,12,28H,5,10-11,13-14H2,1-4H3,(H2,23,24,25). The Kier molecular flexibility index (Phi) is 6.27. The fourth-order valence-corrected chi connectivity index (χ4v) is 3.69. The minimum atomic E-state index is -1.13. The van der Waals surface area contributed by atoms with Gasteiger partial charge in [0.15, 0.2) is 5.96 Å². The molecule has 1 amide bonds. The first-order valence-electron chi connectivity index (χ1n) is 10.0. The summed E-state index contributed by atoms with van der Waals surface area (Å²) in [6.07, 6.45) is 0.871. The first-order chi connectivity index (χ1) is 13.8. The summed E-state index contributed by atoms with van der Waals surface area (Å²) in [6.45, 7) is 8.99. The number of guanidine groups is 1. The van der Waals surface area contributed by atoms with E-state index in [1.165, 1.54) is 5.56 Å². The number of nitrogens with one attached hydrogen (secondary N) is 2. The van der Waals surface area contributed by atoms with E-state index in [0.29, 0.717) is 24.8 Å². The highest BCUT2D eigenvalue weighted by molar-refractivity contribution is 5.98. The molecule has 0 saturated heterocycles. The van der Waals surface area contributed by atoms with Crippen LogP contribution in [0.15, 0.2) is 39.7 Å². The van der Waals surface area contributed by atoms with Gasteiger partial charge in [-0.15, -0.1) is 0 Å². The predicted octanol–water partition coefficient (Wildman–Crippen LogP) is 2.25. The molecule has 1 aliphatic heterocycles. The van der Waals surface area contributed by atoms with Gasteiger partial charge >= 0.3 is 0 Å². The molecule has 0 radical (unpaired) electrons. The van der Waals surface area contributed by atoms with Crippen LogP contribution in [-0.2, 0) is 16.8 Å². The number of nitrogens with zero attached hydrogens (tertiary/aromatic N) is 2. The second kappa shape index (κ2) is 8.69. The van der Waals surface area contributed by atoms with Crippen LogP contribution < -0.4 is 15.5 Å². The fraction of sp³-hybridized carbons (Fsp3) is 0.455. The third-order valence-electron chi connectivity index (χ3n) is 5.13. The van der Waals surface area contributed by atoms with Gasteiger partial charge in [0.25, 0.3) is 0 Å². The van der Waals surface area contributed by atoms with Crippen molar-refractivity contribution in [2.75, 3.05) is 31.1 Å². The van der Waals surface area contributed by atoms with E-state index in [2.05, 4.69) is 21.7 Å². The summed E-state index contributed by atoms with van der Waals surface area (Å²) in [4.78, 5) is 18.9. The lowest BCUT2D eigenvalue weighted by Gasteiger charge is -2.24. The molecule has 2 heterocycles. The van der Waals surface area contributed by atoms with Gasteiger partial charge in [-0.05, 0) is 51.8 Å². The minimum absolute atomic E-state index is 0.0374. The summed E-state index contributed by atoms with van der Waals surface area (Å²) in [7, 11) is 0. The Bertz CT molecular complexity index is 901. The van der Waals surface area contributed by atoms with Crippen molar-refractivity contribution < 1.29 is 14.3 Å². The van der Waals surface area contributed by atoms with Crippen molar-refractivity contribution in [1.82, 2.24) is 10.6 Å². The van der Waals surface area contributed by atoms with E-state index in [-0.39, 0.29) is 19.0 Å². The third kappa shape index (κ3) is 4.79. The molecule has 0 fully saturated rings. The summed E-state index contributed by atoms with van der Waals surface area (Å²) in [5, 5.41) is 17.1. The van der Waals surface area contributed by atoms with E-state index in [0.717, 1.165) is 23.4 Å². The SMILES string of the molecule is CCNC(=NCC(=O)N1CCc2ccccc21)NCC(C)(O)c1cc(C)oc1C. The molecule has 0 spiro atoms. The minimum Gasteiger partial charge on any atom is -0.466 e. The highest BCUT2D eigenvalue weighted by atomic mass is 16.3. The molecule has 3 rings (SSSR count). The number of furan rings is 1. The summed E-state index contributed by atoms with van der Waals surface area (Å²) >= 11 is 0. The van der Waals surface area contributed by atoms with E-state index < -0.39 is 5.60 Å². The normalized spacial score (nSPS) is 15.8. The topological polar surface area (TPSA) is 90.1 Å². The van der Waals surface area contributed by atoms with Gasteiger partial charge in [0, 0.05) is 24.3 Å². The predicted molar refractivity (Wildman–Crippen MR) is 114 cm³/mol. The van der Waals surface area contributed by atoms with Crippen molar-refractivity contribution in [2.24, 2.45) is 4.99 Å². The molecular formula is C22H30N4O3. The van der Waals surface area contributed by atoms with E-state index in [1.54, 1.807) is 11.8 Å². The van der Waals surface area contributed by atoms with Gasteiger partial charge in [-0.2, -0.15) is 0 Å². The number of hydrogen-bond acceptors (Lipinski definition) is 4. The van der Waals surface area contributed by atoms with Gasteiger partial charge in [-0.1, -0.05) is 18.2 Å². The molecule has 7 heteroatoms. The Morgan fingerprint density at radius 3 is 2.76 bits per heavy atom. The number of anilines is 1. The lowest BCUT2D eigenvalue weighted by atomic mass is 9.96. The second-order valence-electron chi connectivity index (χ2n) is 7.57. The maximum absolute atomic E-state index is 12.7. The molecule has 1 aliphatic rings. The number of rotatable bonds is 6. The van der Waals surface area contributed by atoms with Crippen LogP contribution in [-0.4, -0.2) is 43.2 Å². The zero-order chi connectivity index (χ0) is 21.0. The molecule has 1 aromatic heterocycles. The molecule has 29 heavy (non-hydrogen) atoms. The summed E-state index contributed by atoms with van der Waals surface area (Å²) in [5.41, 5.74) is 1.77. The number of carbonyl (C=O) groups is 1. The number of benzene rings is 1. The zero-order valence-electron chi connectivity index (χ0n) is 17.6. The zero-order valence-corrected chi connectivity index (χ0v) is 17.6. The summed E-state index contributed by atoms with van der Waals surface area (Å²) in [6, 6.07) is 9.81. The van der Waals surface area contributed by atoms with E-state index >= 15 is 0 Å². The monoisotopic (exact) mass is 398 g/mol. The fourth-order valence-electron chi connectivity index (χ4n) is 3.69. The average molecular weight is 399 g/mol. The molecule has 3 N–H and O–H groups in total. The van der Waals surface area contributed by atoms with Crippen molar-refractivity contribution in [2.45, 2.75) is 39.7 Å². The average Bonchev–Trinajstić information content (AvgIpc) is 3.27.